The van der Waals surface area contributed by atoms with Gasteiger partial charge in [-0.05, 0) is 38.5 Å². The highest BCUT2D eigenvalue weighted by molar-refractivity contribution is 4.81. The zero-order chi connectivity index (χ0) is 14.0. The number of hydrogen-bond acceptors (Lipinski definition) is 1. The first kappa shape index (κ1) is 31.3. The molecule has 124 valence electrons. The van der Waals surface area contributed by atoms with Gasteiger partial charge in [0, 0.05) is 0 Å². The zero-order valence-electron chi connectivity index (χ0n) is 12.8. The fourth-order valence-corrected chi connectivity index (χ4v) is 0. The molecule has 0 aromatic heterocycles. The Morgan fingerprint density at radius 3 is 0.684 bits per heavy atom. The van der Waals surface area contributed by atoms with Gasteiger partial charge in [-0.1, -0.05) is 63.8 Å². The van der Waals surface area contributed by atoms with E-state index in [1.54, 1.807) is 13.8 Å². The molecule has 0 radical (unpaired) electrons. The molecular weight excluding hydrogens is 239 g/mol. The Morgan fingerprint density at radius 1 is 0.579 bits per heavy atom. The smallest absolute Gasteiger partial charge is 0.110 e. The molecule has 0 saturated carbocycles. The van der Waals surface area contributed by atoms with Crippen molar-refractivity contribution in [2.45, 2.75) is 103 Å². The summed E-state index contributed by atoms with van der Waals surface area (Å²) in [5, 5.41) is 9.35. The van der Waals surface area contributed by atoms with Crippen molar-refractivity contribution < 1.29 is 9.50 Å². The topological polar surface area (TPSA) is 20.2 Å². The van der Waals surface area contributed by atoms with Crippen LogP contribution in [0.4, 0.5) is 4.39 Å². The van der Waals surface area contributed by atoms with Crippen LogP contribution in [0.25, 0.3) is 0 Å². The van der Waals surface area contributed by atoms with Crippen molar-refractivity contribution in [1.82, 2.24) is 0 Å². The molecule has 1 nitrogen and oxygen atoms in total. The van der Waals surface area contributed by atoms with Crippen molar-refractivity contribution in [2.75, 3.05) is 0 Å². The highest BCUT2D eigenvalue weighted by Gasteiger charge is 2.32. The Bertz CT molecular complexity index is 145. The highest BCUT2D eigenvalue weighted by Crippen LogP contribution is 2.32. The van der Waals surface area contributed by atoms with Gasteiger partial charge >= 0.3 is 0 Å². The zero-order valence-corrected chi connectivity index (χ0v) is 12.8. The van der Waals surface area contributed by atoms with Crippen LogP contribution in [0.5, 0.6) is 0 Å². The molecular formula is C17H43FO. The lowest BCUT2D eigenvalue weighted by molar-refractivity contribution is -0.0238. The van der Waals surface area contributed by atoms with Crippen LogP contribution in [0.15, 0.2) is 0 Å². The first-order valence-electron chi connectivity index (χ1n) is 5.91. The van der Waals surface area contributed by atoms with Gasteiger partial charge in [0.15, 0.2) is 0 Å². The Labute approximate surface area is 124 Å². The lowest BCUT2D eigenvalue weighted by Gasteiger charge is -2.33. The third-order valence-electron chi connectivity index (χ3n) is 3.62. The van der Waals surface area contributed by atoms with Gasteiger partial charge < -0.3 is 5.11 Å². The minimum absolute atomic E-state index is 0. The first-order valence-corrected chi connectivity index (χ1v) is 5.91. The average molecular weight is 283 g/mol. The molecule has 2 heteroatoms. The van der Waals surface area contributed by atoms with Crippen molar-refractivity contribution >= 4 is 0 Å². The second kappa shape index (κ2) is 8.94. The van der Waals surface area contributed by atoms with Crippen molar-refractivity contribution in [2.24, 2.45) is 10.8 Å². The number of hydrogen-bond donors (Lipinski definition) is 1. The van der Waals surface area contributed by atoms with Gasteiger partial charge in [0.1, 0.15) is 5.67 Å². The van der Waals surface area contributed by atoms with Crippen LogP contribution in [0.1, 0.15) is 91.5 Å². The summed E-state index contributed by atoms with van der Waals surface area (Å²) >= 11 is 0. The molecule has 0 aromatic rings. The van der Waals surface area contributed by atoms with E-state index in [0.29, 0.717) is 0 Å². The molecule has 19 heavy (non-hydrogen) atoms. The third kappa shape index (κ3) is 14.1. The van der Waals surface area contributed by atoms with E-state index in [1.165, 1.54) is 0 Å². The van der Waals surface area contributed by atoms with Gasteiger partial charge in [0.2, 0.25) is 0 Å². The molecule has 0 aliphatic rings. The Kier molecular flexibility index (Phi) is 14.7. The molecule has 0 rings (SSSR count). The predicted molar refractivity (Wildman–Crippen MR) is 90.6 cm³/mol. The van der Waals surface area contributed by atoms with E-state index in [0.717, 1.165) is 0 Å². The summed E-state index contributed by atoms with van der Waals surface area (Å²) in [6, 6.07) is 0. The summed E-state index contributed by atoms with van der Waals surface area (Å²) in [4.78, 5) is 0. The van der Waals surface area contributed by atoms with E-state index >= 15 is 0 Å². The molecule has 0 spiro atoms. The summed E-state index contributed by atoms with van der Waals surface area (Å²) in [6.45, 7) is 18.6. The molecule has 0 fully saturated rings. The van der Waals surface area contributed by atoms with Crippen LogP contribution in [0, 0.1) is 10.8 Å². The van der Waals surface area contributed by atoms with Gasteiger partial charge in [-0.15, -0.1) is 0 Å². The van der Waals surface area contributed by atoms with E-state index in [9.17, 15) is 9.50 Å². The van der Waals surface area contributed by atoms with Crippen LogP contribution in [0.2, 0.25) is 0 Å². The number of aliphatic hydroxyl groups is 1. The summed E-state index contributed by atoms with van der Waals surface area (Å²) in [5.74, 6) is 0. The van der Waals surface area contributed by atoms with Crippen LogP contribution >= 0.6 is 0 Å². The monoisotopic (exact) mass is 282 g/mol. The van der Waals surface area contributed by atoms with Crippen LogP contribution in [0.3, 0.4) is 0 Å². The number of rotatable bonds is 0. The van der Waals surface area contributed by atoms with Crippen molar-refractivity contribution in [3.8, 4) is 0 Å². The van der Waals surface area contributed by atoms with Crippen LogP contribution in [-0.4, -0.2) is 16.4 Å². The minimum atomic E-state index is -1.06. The molecule has 0 atom stereocenters. The van der Waals surface area contributed by atoms with Crippen molar-refractivity contribution in [3.63, 3.8) is 0 Å². The molecule has 1 N–H and O–H groups in total. The van der Waals surface area contributed by atoms with Gasteiger partial charge in [-0.3, -0.25) is 0 Å². The molecule has 0 aromatic carbocycles. The lowest BCUT2D eigenvalue weighted by atomic mass is 9.79. The first-order chi connectivity index (χ1) is 6.50. The van der Waals surface area contributed by atoms with Gasteiger partial charge in [0.05, 0.1) is 5.60 Å². The van der Waals surface area contributed by atoms with Crippen LogP contribution < -0.4 is 0 Å². The quantitative estimate of drug-likeness (QED) is 0.538. The van der Waals surface area contributed by atoms with Crippen LogP contribution in [-0.2, 0) is 0 Å². The Morgan fingerprint density at radius 2 is 0.684 bits per heavy atom. The van der Waals surface area contributed by atoms with Crippen molar-refractivity contribution in [1.29, 1.82) is 0 Å². The molecule has 0 aliphatic heterocycles. The largest absolute Gasteiger partial charge is 0.390 e. The minimum Gasteiger partial charge on any atom is -0.390 e. The molecule has 0 amide bonds. The standard InChI is InChI=1S/C7H15F.C7H16O.3CH4/c2*1-6(2,3)7(4,5)8;;;/h1-5H3;8H,1-5H3;3*1H4. The maximum atomic E-state index is 12.9. The van der Waals surface area contributed by atoms with Crippen molar-refractivity contribution in [3.05, 3.63) is 0 Å². The molecule has 0 aliphatic carbocycles. The maximum absolute atomic E-state index is 12.9. The second-order valence-electron chi connectivity index (χ2n) is 7.53. The molecule has 0 unspecified atom stereocenters. The Balaban J connectivity index is -0.0000000594. The molecule has 0 saturated heterocycles. The highest BCUT2D eigenvalue weighted by atomic mass is 19.1. The summed E-state index contributed by atoms with van der Waals surface area (Å²) in [5.41, 5.74) is -1.86. The average Bonchev–Trinajstić information content (AvgIpc) is 1.77. The van der Waals surface area contributed by atoms with Gasteiger partial charge in [-0.25, -0.2) is 4.39 Å². The van der Waals surface area contributed by atoms with E-state index < -0.39 is 11.3 Å². The SMILES string of the molecule is C.C.C.CC(C)(C)C(C)(C)F.CC(C)(C)C(C)(C)O. The van der Waals surface area contributed by atoms with E-state index in [4.69, 9.17) is 0 Å². The summed E-state index contributed by atoms with van der Waals surface area (Å²) in [7, 11) is 0. The second-order valence-corrected chi connectivity index (χ2v) is 7.53. The number of alkyl halides is 1. The number of halogens is 1. The van der Waals surface area contributed by atoms with E-state index in [2.05, 4.69) is 0 Å². The third-order valence-corrected chi connectivity index (χ3v) is 3.62. The van der Waals surface area contributed by atoms with Gasteiger partial charge in [-0.2, -0.15) is 0 Å². The normalized spacial score (nSPS) is 12.0. The predicted octanol–water partition coefficient (Wildman–Crippen LogP) is 6.49. The lowest BCUT2D eigenvalue weighted by Crippen LogP contribution is -2.35. The van der Waals surface area contributed by atoms with Gasteiger partial charge in [0.25, 0.3) is 0 Å². The summed E-state index contributed by atoms with van der Waals surface area (Å²) in [6.07, 6.45) is 0. The molecule has 0 bridgehead atoms. The fourth-order valence-electron chi connectivity index (χ4n) is 0. The summed E-state index contributed by atoms with van der Waals surface area (Å²) < 4.78 is 12.9. The maximum Gasteiger partial charge on any atom is 0.110 e. The Hall–Kier alpha value is -0.110. The van der Waals surface area contributed by atoms with E-state index in [1.807, 2.05) is 55.4 Å². The fraction of sp³-hybridized carbons (Fsp3) is 1.00. The molecule has 0 heterocycles. The van der Waals surface area contributed by atoms with E-state index in [-0.39, 0.29) is 33.1 Å².